The van der Waals surface area contributed by atoms with Gasteiger partial charge in [0.15, 0.2) is 11.5 Å². The molecule has 0 unspecified atom stereocenters. The molecule has 0 aliphatic heterocycles. The molecule has 19 heavy (non-hydrogen) atoms. The van der Waals surface area contributed by atoms with Gasteiger partial charge < -0.3 is 14.4 Å². The molecule has 0 aliphatic carbocycles. The molecule has 1 rings (SSSR count). The summed E-state index contributed by atoms with van der Waals surface area (Å²) in [6.45, 7) is 5.48. The average molecular weight is 283 g/mol. The Labute approximate surface area is 119 Å². The summed E-state index contributed by atoms with van der Waals surface area (Å²) in [5.41, 5.74) is 0. The van der Waals surface area contributed by atoms with Gasteiger partial charge in [0.2, 0.25) is 5.91 Å². The second-order valence-corrected chi connectivity index (χ2v) is 4.92. The molecule has 0 saturated carbocycles. The molecular formula is C14H21NO3S. The van der Waals surface area contributed by atoms with E-state index in [-0.39, 0.29) is 5.91 Å². The lowest BCUT2D eigenvalue weighted by Gasteiger charge is -2.18. The fraction of sp³-hybridized carbons (Fsp3) is 0.500. The molecule has 0 bridgehead atoms. The van der Waals surface area contributed by atoms with Crippen molar-refractivity contribution in [3.8, 4) is 11.5 Å². The van der Waals surface area contributed by atoms with Crippen LogP contribution in [0.15, 0.2) is 23.1 Å². The number of benzene rings is 1. The van der Waals surface area contributed by atoms with E-state index in [1.54, 1.807) is 14.2 Å². The van der Waals surface area contributed by atoms with E-state index in [1.165, 1.54) is 11.8 Å². The highest BCUT2D eigenvalue weighted by atomic mass is 32.2. The quantitative estimate of drug-likeness (QED) is 0.721. The lowest BCUT2D eigenvalue weighted by Crippen LogP contribution is -2.31. The minimum atomic E-state index is 0.157. The third-order valence-electron chi connectivity index (χ3n) is 2.83. The lowest BCUT2D eigenvalue weighted by molar-refractivity contribution is -0.127. The Balaban J connectivity index is 2.65. The van der Waals surface area contributed by atoms with E-state index in [2.05, 4.69) is 0 Å². The van der Waals surface area contributed by atoms with Gasteiger partial charge in [-0.25, -0.2) is 0 Å². The summed E-state index contributed by atoms with van der Waals surface area (Å²) in [7, 11) is 3.21. The van der Waals surface area contributed by atoms with Crippen molar-refractivity contribution < 1.29 is 14.3 Å². The Morgan fingerprint density at radius 1 is 1.16 bits per heavy atom. The summed E-state index contributed by atoms with van der Waals surface area (Å²) in [5, 5.41) is 0. The van der Waals surface area contributed by atoms with Gasteiger partial charge in [-0.05, 0) is 32.0 Å². The third-order valence-corrected chi connectivity index (χ3v) is 3.81. The van der Waals surface area contributed by atoms with Crippen LogP contribution in [0.5, 0.6) is 11.5 Å². The largest absolute Gasteiger partial charge is 0.493 e. The van der Waals surface area contributed by atoms with Crippen LogP contribution >= 0.6 is 11.8 Å². The van der Waals surface area contributed by atoms with Crippen LogP contribution in [0.2, 0.25) is 0 Å². The van der Waals surface area contributed by atoms with E-state index in [9.17, 15) is 4.79 Å². The Hall–Kier alpha value is -1.36. The Kier molecular flexibility index (Phi) is 6.56. The molecule has 1 aromatic carbocycles. The predicted octanol–water partition coefficient (Wildman–Crippen LogP) is 2.66. The fourth-order valence-electron chi connectivity index (χ4n) is 1.72. The van der Waals surface area contributed by atoms with E-state index in [1.807, 2.05) is 36.9 Å². The summed E-state index contributed by atoms with van der Waals surface area (Å²) in [6.07, 6.45) is 0. The number of hydrogen-bond donors (Lipinski definition) is 0. The summed E-state index contributed by atoms with van der Waals surface area (Å²) in [6, 6.07) is 5.67. The molecule has 0 aromatic heterocycles. The Morgan fingerprint density at radius 2 is 1.79 bits per heavy atom. The molecule has 0 spiro atoms. The van der Waals surface area contributed by atoms with Crippen molar-refractivity contribution >= 4 is 17.7 Å². The molecular weight excluding hydrogens is 262 g/mol. The molecule has 4 nitrogen and oxygen atoms in total. The first-order valence-electron chi connectivity index (χ1n) is 6.28. The first-order valence-corrected chi connectivity index (χ1v) is 7.27. The minimum absolute atomic E-state index is 0.157. The van der Waals surface area contributed by atoms with Gasteiger partial charge in [0.05, 0.1) is 20.0 Å². The maximum absolute atomic E-state index is 11.9. The molecule has 0 atom stereocenters. The first kappa shape index (κ1) is 15.7. The molecule has 106 valence electrons. The highest BCUT2D eigenvalue weighted by molar-refractivity contribution is 8.00. The van der Waals surface area contributed by atoms with E-state index < -0.39 is 0 Å². The van der Waals surface area contributed by atoms with Crippen LogP contribution in [0, 0.1) is 0 Å². The van der Waals surface area contributed by atoms with E-state index >= 15 is 0 Å². The monoisotopic (exact) mass is 283 g/mol. The van der Waals surface area contributed by atoms with Crippen LogP contribution in [0.4, 0.5) is 0 Å². The number of methoxy groups -OCH3 is 2. The molecule has 1 amide bonds. The van der Waals surface area contributed by atoms with Gasteiger partial charge in [-0.2, -0.15) is 0 Å². The summed E-state index contributed by atoms with van der Waals surface area (Å²) < 4.78 is 10.4. The van der Waals surface area contributed by atoms with E-state index in [0.29, 0.717) is 17.3 Å². The van der Waals surface area contributed by atoms with Gasteiger partial charge in [-0.15, -0.1) is 11.8 Å². The summed E-state index contributed by atoms with van der Waals surface area (Å²) >= 11 is 1.51. The first-order chi connectivity index (χ1) is 9.15. The molecule has 1 aromatic rings. The van der Waals surface area contributed by atoms with Crippen molar-refractivity contribution in [3.05, 3.63) is 18.2 Å². The molecule has 0 aliphatic rings. The number of rotatable bonds is 7. The highest BCUT2D eigenvalue weighted by Gasteiger charge is 2.11. The summed E-state index contributed by atoms with van der Waals surface area (Å²) in [4.78, 5) is 14.7. The molecule has 5 heteroatoms. The van der Waals surface area contributed by atoms with Crippen molar-refractivity contribution in [2.24, 2.45) is 0 Å². The predicted molar refractivity (Wildman–Crippen MR) is 78.2 cm³/mol. The number of ether oxygens (including phenoxy) is 2. The van der Waals surface area contributed by atoms with Gasteiger partial charge >= 0.3 is 0 Å². The molecule has 0 heterocycles. The smallest absolute Gasteiger partial charge is 0.232 e. The molecule has 0 saturated heterocycles. The summed E-state index contributed by atoms with van der Waals surface area (Å²) in [5.74, 6) is 1.98. The molecule has 0 N–H and O–H groups in total. The van der Waals surface area contributed by atoms with Crippen molar-refractivity contribution in [3.63, 3.8) is 0 Å². The SMILES string of the molecule is CCN(CC)C(=O)CSc1ccc(OC)c(OC)c1. The second kappa shape index (κ2) is 7.94. The number of thioether (sulfide) groups is 1. The third kappa shape index (κ3) is 4.35. The van der Waals surface area contributed by atoms with Crippen molar-refractivity contribution in [2.75, 3.05) is 33.1 Å². The van der Waals surface area contributed by atoms with Gasteiger partial charge in [0, 0.05) is 18.0 Å². The fourth-order valence-corrected chi connectivity index (χ4v) is 2.55. The normalized spacial score (nSPS) is 10.1. The van der Waals surface area contributed by atoms with Crippen molar-refractivity contribution in [2.45, 2.75) is 18.7 Å². The lowest BCUT2D eigenvalue weighted by atomic mass is 10.3. The van der Waals surface area contributed by atoms with Crippen LogP contribution in [0.3, 0.4) is 0 Å². The van der Waals surface area contributed by atoms with Gasteiger partial charge in [0.1, 0.15) is 0 Å². The topological polar surface area (TPSA) is 38.8 Å². The number of nitrogens with zero attached hydrogens (tertiary/aromatic N) is 1. The van der Waals surface area contributed by atoms with Crippen LogP contribution < -0.4 is 9.47 Å². The van der Waals surface area contributed by atoms with E-state index in [4.69, 9.17) is 9.47 Å². The number of carbonyl (C=O) groups is 1. The zero-order valence-corrected chi connectivity index (χ0v) is 12.8. The molecule has 0 radical (unpaired) electrons. The number of hydrogen-bond acceptors (Lipinski definition) is 4. The van der Waals surface area contributed by atoms with Crippen molar-refractivity contribution in [1.29, 1.82) is 0 Å². The van der Waals surface area contributed by atoms with Crippen LogP contribution in [0.1, 0.15) is 13.8 Å². The zero-order valence-electron chi connectivity index (χ0n) is 11.9. The van der Waals surface area contributed by atoms with Crippen LogP contribution in [-0.4, -0.2) is 43.9 Å². The van der Waals surface area contributed by atoms with Gasteiger partial charge in [0.25, 0.3) is 0 Å². The number of amides is 1. The van der Waals surface area contributed by atoms with Crippen LogP contribution in [0.25, 0.3) is 0 Å². The number of carbonyl (C=O) groups excluding carboxylic acids is 1. The highest BCUT2D eigenvalue weighted by Crippen LogP contribution is 2.31. The standard InChI is InChI=1S/C14H21NO3S/c1-5-15(6-2)14(16)10-19-11-7-8-12(17-3)13(9-11)18-4/h7-9H,5-6,10H2,1-4H3. The zero-order chi connectivity index (χ0) is 14.3. The minimum Gasteiger partial charge on any atom is -0.493 e. The van der Waals surface area contributed by atoms with E-state index in [0.717, 1.165) is 18.0 Å². The van der Waals surface area contributed by atoms with Crippen LogP contribution in [-0.2, 0) is 4.79 Å². The van der Waals surface area contributed by atoms with Gasteiger partial charge in [-0.1, -0.05) is 0 Å². The van der Waals surface area contributed by atoms with Crippen molar-refractivity contribution in [1.82, 2.24) is 4.90 Å². The maximum Gasteiger partial charge on any atom is 0.232 e. The Morgan fingerprint density at radius 3 is 2.32 bits per heavy atom. The molecule has 0 fully saturated rings. The average Bonchev–Trinajstić information content (AvgIpc) is 2.45. The second-order valence-electron chi connectivity index (χ2n) is 3.87. The van der Waals surface area contributed by atoms with Gasteiger partial charge in [-0.3, -0.25) is 4.79 Å². The maximum atomic E-state index is 11.9. The Bertz CT molecular complexity index is 419.